The van der Waals surface area contributed by atoms with Gasteiger partial charge >= 0.3 is 5.97 Å². The van der Waals surface area contributed by atoms with Gasteiger partial charge in [-0.05, 0) is 26.2 Å². The molecule has 0 bridgehead atoms. The number of carbonyl (C=O) groups excluding carboxylic acids is 1. The van der Waals surface area contributed by atoms with Gasteiger partial charge < -0.3 is 19.9 Å². The highest BCUT2D eigenvalue weighted by molar-refractivity contribution is 5.93. The number of amides is 1. The van der Waals surface area contributed by atoms with Crippen molar-refractivity contribution in [1.29, 1.82) is 0 Å². The topological polar surface area (TPSA) is 103 Å². The third kappa shape index (κ3) is 5.12. The SMILES string of the molecule is CC(OCC1CCCCO1)C(=O)Nc1ccn(CC(=O)O)n1. The van der Waals surface area contributed by atoms with E-state index in [1.54, 1.807) is 6.92 Å². The molecule has 1 aromatic heterocycles. The lowest BCUT2D eigenvalue weighted by molar-refractivity contribution is -0.137. The lowest BCUT2D eigenvalue weighted by Crippen LogP contribution is -2.32. The smallest absolute Gasteiger partial charge is 0.325 e. The normalized spacial score (nSPS) is 19.6. The third-order valence-electron chi connectivity index (χ3n) is 3.36. The van der Waals surface area contributed by atoms with E-state index in [1.165, 1.54) is 16.9 Å². The van der Waals surface area contributed by atoms with Gasteiger partial charge in [-0.2, -0.15) is 5.10 Å². The highest BCUT2D eigenvalue weighted by Gasteiger charge is 2.19. The van der Waals surface area contributed by atoms with Crippen LogP contribution in [0.2, 0.25) is 0 Å². The van der Waals surface area contributed by atoms with E-state index < -0.39 is 12.1 Å². The summed E-state index contributed by atoms with van der Waals surface area (Å²) in [7, 11) is 0. The monoisotopic (exact) mass is 311 g/mol. The molecule has 1 fully saturated rings. The minimum atomic E-state index is -0.995. The molecule has 0 aromatic carbocycles. The van der Waals surface area contributed by atoms with Crippen molar-refractivity contribution in [2.45, 2.75) is 44.9 Å². The average molecular weight is 311 g/mol. The lowest BCUT2D eigenvalue weighted by Gasteiger charge is -2.23. The molecule has 8 nitrogen and oxygen atoms in total. The molecule has 0 radical (unpaired) electrons. The maximum Gasteiger partial charge on any atom is 0.325 e. The minimum Gasteiger partial charge on any atom is -0.480 e. The van der Waals surface area contributed by atoms with Crippen LogP contribution in [0.15, 0.2) is 12.3 Å². The van der Waals surface area contributed by atoms with Crippen LogP contribution >= 0.6 is 0 Å². The van der Waals surface area contributed by atoms with Crippen molar-refractivity contribution in [3.05, 3.63) is 12.3 Å². The number of nitrogens with zero attached hydrogens (tertiary/aromatic N) is 2. The van der Waals surface area contributed by atoms with Crippen molar-refractivity contribution in [3.63, 3.8) is 0 Å². The fraction of sp³-hybridized carbons (Fsp3) is 0.643. The average Bonchev–Trinajstić information content (AvgIpc) is 2.92. The van der Waals surface area contributed by atoms with Gasteiger partial charge in [-0.1, -0.05) is 0 Å². The Morgan fingerprint density at radius 2 is 2.41 bits per heavy atom. The first-order chi connectivity index (χ1) is 10.5. The summed E-state index contributed by atoms with van der Waals surface area (Å²) >= 11 is 0. The number of anilines is 1. The summed E-state index contributed by atoms with van der Waals surface area (Å²) in [5.74, 6) is -1.02. The van der Waals surface area contributed by atoms with Crippen LogP contribution in [0.4, 0.5) is 5.82 Å². The highest BCUT2D eigenvalue weighted by atomic mass is 16.5. The Kier molecular flexibility index (Phi) is 5.91. The summed E-state index contributed by atoms with van der Waals surface area (Å²) in [5, 5.41) is 15.2. The number of aliphatic carboxylic acids is 1. The minimum absolute atomic E-state index is 0.0544. The first-order valence-electron chi connectivity index (χ1n) is 7.34. The summed E-state index contributed by atoms with van der Waals surface area (Å²) in [6.45, 7) is 2.55. The molecule has 2 unspecified atom stereocenters. The fourth-order valence-electron chi connectivity index (χ4n) is 2.15. The molecule has 1 aliphatic rings. The second-order valence-electron chi connectivity index (χ2n) is 5.25. The molecule has 122 valence electrons. The maximum absolute atomic E-state index is 12.0. The van der Waals surface area contributed by atoms with Crippen molar-refractivity contribution >= 4 is 17.7 Å². The van der Waals surface area contributed by atoms with Crippen LogP contribution in [0, 0.1) is 0 Å². The fourth-order valence-corrected chi connectivity index (χ4v) is 2.15. The van der Waals surface area contributed by atoms with Gasteiger partial charge in [0.25, 0.3) is 5.91 Å². The highest BCUT2D eigenvalue weighted by Crippen LogP contribution is 2.13. The van der Waals surface area contributed by atoms with Crippen LogP contribution in [0.1, 0.15) is 26.2 Å². The van der Waals surface area contributed by atoms with Gasteiger partial charge in [0, 0.05) is 18.9 Å². The molecule has 1 saturated heterocycles. The lowest BCUT2D eigenvalue weighted by atomic mass is 10.1. The van der Waals surface area contributed by atoms with Crippen molar-refractivity contribution in [2.24, 2.45) is 0 Å². The van der Waals surface area contributed by atoms with Crippen LogP contribution < -0.4 is 5.32 Å². The number of carboxylic acid groups (broad SMARTS) is 1. The van der Waals surface area contributed by atoms with Crippen LogP contribution in [-0.2, 0) is 25.6 Å². The van der Waals surface area contributed by atoms with Gasteiger partial charge in [-0.15, -0.1) is 0 Å². The summed E-state index contributed by atoms with van der Waals surface area (Å²) in [5.41, 5.74) is 0. The van der Waals surface area contributed by atoms with Gasteiger partial charge in [0.2, 0.25) is 0 Å². The first-order valence-corrected chi connectivity index (χ1v) is 7.34. The Hall–Kier alpha value is -1.93. The van der Waals surface area contributed by atoms with E-state index in [1.807, 2.05) is 0 Å². The van der Waals surface area contributed by atoms with Gasteiger partial charge in [-0.3, -0.25) is 14.3 Å². The molecule has 0 spiro atoms. The number of aromatic nitrogens is 2. The predicted molar refractivity (Wildman–Crippen MR) is 77.5 cm³/mol. The van der Waals surface area contributed by atoms with Crippen LogP contribution in [0.25, 0.3) is 0 Å². The zero-order valence-electron chi connectivity index (χ0n) is 12.5. The van der Waals surface area contributed by atoms with Crippen molar-refractivity contribution < 1.29 is 24.2 Å². The Balaban J connectivity index is 1.75. The molecule has 2 rings (SSSR count). The molecule has 8 heteroatoms. The van der Waals surface area contributed by atoms with Crippen molar-refractivity contribution in [2.75, 3.05) is 18.5 Å². The van der Waals surface area contributed by atoms with Crippen molar-refractivity contribution in [1.82, 2.24) is 9.78 Å². The van der Waals surface area contributed by atoms with Gasteiger partial charge in [0.05, 0.1) is 12.7 Å². The van der Waals surface area contributed by atoms with E-state index in [9.17, 15) is 9.59 Å². The zero-order chi connectivity index (χ0) is 15.9. The summed E-state index contributed by atoms with van der Waals surface area (Å²) < 4.78 is 12.3. The molecular formula is C14H21N3O5. The number of ether oxygens (including phenoxy) is 2. The number of rotatable bonds is 7. The second kappa shape index (κ2) is 7.90. The Morgan fingerprint density at radius 3 is 3.09 bits per heavy atom. The molecule has 0 saturated carbocycles. The molecule has 2 atom stereocenters. The quantitative estimate of drug-likeness (QED) is 0.775. The van der Waals surface area contributed by atoms with Crippen LogP contribution in [0.5, 0.6) is 0 Å². The molecule has 22 heavy (non-hydrogen) atoms. The predicted octanol–water partition coefficient (Wildman–Crippen LogP) is 0.880. The van der Waals surface area contributed by atoms with Crippen molar-refractivity contribution in [3.8, 4) is 0 Å². The number of carboxylic acids is 1. The van der Waals surface area contributed by atoms with E-state index >= 15 is 0 Å². The van der Waals surface area contributed by atoms with Gasteiger partial charge in [0.15, 0.2) is 5.82 Å². The zero-order valence-corrected chi connectivity index (χ0v) is 12.5. The van der Waals surface area contributed by atoms with E-state index in [0.717, 1.165) is 25.9 Å². The van der Waals surface area contributed by atoms with E-state index in [2.05, 4.69) is 10.4 Å². The molecule has 2 heterocycles. The Morgan fingerprint density at radius 1 is 1.59 bits per heavy atom. The number of carbonyl (C=O) groups is 2. The summed E-state index contributed by atoms with van der Waals surface area (Å²) in [6, 6.07) is 1.54. The van der Waals surface area contributed by atoms with E-state index in [-0.39, 0.29) is 18.6 Å². The molecule has 1 amide bonds. The third-order valence-corrected chi connectivity index (χ3v) is 3.36. The van der Waals surface area contributed by atoms with Crippen LogP contribution in [0.3, 0.4) is 0 Å². The van der Waals surface area contributed by atoms with Gasteiger partial charge in [0.1, 0.15) is 12.6 Å². The Bertz CT molecular complexity index is 510. The second-order valence-corrected chi connectivity index (χ2v) is 5.25. The van der Waals surface area contributed by atoms with Gasteiger partial charge in [-0.25, -0.2) is 0 Å². The number of hydrogen-bond donors (Lipinski definition) is 2. The van der Waals surface area contributed by atoms with E-state index in [0.29, 0.717) is 12.4 Å². The largest absolute Gasteiger partial charge is 0.480 e. The number of hydrogen-bond acceptors (Lipinski definition) is 5. The molecule has 2 N–H and O–H groups in total. The van der Waals surface area contributed by atoms with Crippen LogP contribution in [-0.4, -0.2) is 52.2 Å². The Labute approximate surface area is 128 Å². The first kappa shape index (κ1) is 16.4. The standard InChI is InChI=1S/C14H21N3O5/c1-10(22-9-11-4-2-3-7-21-11)14(20)15-12-5-6-17(16-12)8-13(18)19/h5-6,10-11H,2-4,7-9H2,1H3,(H,18,19)(H,15,16,20). The maximum atomic E-state index is 12.0. The van der Waals surface area contributed by atoms with E-state index in [4.69, 9.17) is 14.6 Å². The molecule has 1 aliphatic heterocycles. The number of nitrogens with one attached hydrogen (secondary N) is 1. The molecular weight excluding hydrogens is 290 g/mol. The summed E-state index contributed by atoms with van der Waals surface area (Å²) in [4.78, 5) is 22.5. The molecule has 1 aromatic rings. The molecule has 0 aliphatic carbocycles. The summed E-state index contributed by atoms with van der Waals surface area (Å²) in [6.07, 6.45) is 4.06.